The number of rotatable bonds is 5. The predicted octanol–water partition coefficient (Wildman–Crippen LogP) is 4.01. The first kappa shape index (κ1) is 14.8. The summed E-state index contributed by atoms with van der Waals surface area (Å²) in [5.74, 6) is -0.899. The van der Waals surface area contributed by atoms with E-state index in [1.165, 1.54) is 0 Å². The highest BCUT2D eigenvalue weighted by Gasteiger charge is 2.12. The van der Waals surface area contributed by atoms with Gasteiger partial charge >= 0.3 is 5.97 Å². The molecule has 1 unspecified atom stereocenters. The number of aliphatic hydroxyl groups is 1. The van der Waals surface area contributed by atoms with Gasteiger partial charge in [0.1, 0.15) is 0 Å². The Labute approximate surface area is 126 Å². The van der Waals surface area contributed by atoms with Crippen LogP contribution in [0.3, 0.4) is 0 Å². The maximum absolute atomic E-state index is 10.5. The van der Waals surface area contributed by atoms with Gasteiger partial charge in [0, 0.05) is 10.9 Å². The minimum Gasteiger partial charge on any atom is -0.481 e. The van der Waals surface area contributed by atoms with Crippen molar-refractivity contribution in [1.82, 2.24) is 0 Å². The van der Waals surface area contributed by atoms with Crippen LogP contribution in [0.5, 0.6) is 0 Å². The topological polar surface area (TPSA) is 57.5 Å². The third-order valence-electron chi connectivity index (χ3n) is 3.09. The highest BCUT2D eigenvalue weighted by atomic mass is 79.9. The molecule has 4 heteroatoms. The standard InChI is InChI=1S/C16H15BrO3/c17-14-10-12(15(18)8-9-16(19)20)6-7-13(14)11-4-2-1-3-5-11/h1-7,10,15,18H,8-9H2,(H,19,20). The summed E-state index contributed by atoms with van der Waals surface area (Å²) in [7, 11) is 0. The summed E-state index contributed by atoms with van der Waals surface area (Å²) < 4.78 is 0.885. The summed E-state index contributed by atoms with van der Waals surface area (Å²) in [6, 6.07) is 15.5. The Morgan fingerprint density at radius 2 is 1.85 bits per heavy atom. The lowest BCUT2D eigenvalue weighted by molar-refractivity contribution is -0.137. The van der Waals surface area contributed by atoms with Crippen LogP contribution in [-0.2, 0) is 4.79 Å². The van der Waals surface area contributed by atoms with Gasteiger partial charge in [-0.3, -0.25) is 4.79 Å². The summed E-state index contributed by atoms with van der Waals surface area (Å²) in [6.45, 7) is 0. The summed E-state index contributed by atoms with van der Waals surface area (Å²) >= 11 is 3.50. The second kappa shape index (κ2) is 6.68. The molecule has 2 N–H and O–H groups in total. The monoisotopic (exact) mass is 334 g/mol. The molecule has 0 aliphatic rings. The zero-order valence-electron chi connectivity index (χ0n) is 10.8. The Balaban J connectivity index is 2.20. The van der Waals surface area contributed by atoms with E-state index in [1.54, 1.807) is 0 Å². The van der Waals surface area contributed by atoms with Gasteiger partial charge in [0.25, 0.3) is 0 Å². The Hall–Kier alpha value is -1.65. The van der Waals surface area contributed by atoms with E-state index in [0.29, 0.717) is 0 Å². The van der Waals surface area contributed by atoms with E-state index in [9.17, 15) is 9.90 Å². The summed E-state index contributed by atoms with van der Waals surface area (Å²) in [6.07, 6.45) is -0.585. The number of hydrogen-bond donors (Lipinski definition) is 2. The molecule has 0 saturated carbocycles. The lowest BCUT2D eigenvalue weighted by Gasteiger charge is -2.12. The molecule has 20 heavy (non-hydrogen) atoms. The predicted molar refractivity (Wildman–Crippen MR) is 81.4 cm³/mol. The molecule has 2 rings (SSSR count). The number of halogens is 1. The Morgan fingerprint density at radius 3 is 2.45 bits per heavy atom. The third-order valence-corrected chi connectivity index (χ3v) is 3.75. The van der Waals surface area contributed by atoms with Crippen LogP contribution in [0.1, 0.15) is 24.5 Å². The number of hydrogen-bond acceptors (Lipinski definition) is 2. The molecule has 0 heterocycles. The van der Waals surface area contributed by atoms with E-state index in [0.717, 1.165) is 21.2 Å². The second-order valence-electron chi connectivity index (χ2n) is 4.55. The number of carboxylic acids is 1. The van der Waals surface area contributed by atoms with E-state index < -0.39 is 12.1 Å². The molecular formula is C16H15BrO3. The number of benzene rings is 2. The lowest BCUT2D eigenvalue weighted by Crippen LogP contribution is -2.02. The van der Waals surface area contributed by atoms with Crippen molar-refractivity contribution >= 4 is 21.9 Å². The first-order chi connectivity index (χ1) is 9.58. The molecule has 2 aromatic carbocycles. The Bertz CT molecular complexity index is 596. The van der Waals surface area contributed by atoms with Gasteiger partial charge in [-0.05, 0) is 29.2 Å². The van der Waals surface area contributed by atoms with Crippen LogP contribution in [0, 0.1) is 0 Å². The van der Waals surface area contributed by atoms with Crippen molar-refractivity contribution in [2.24, 2.45) is 0 Å². The van der Waals surface area contributed by atoms with Gasteiger partial charge in [-0.15, -0.1) is 0 Å². The number of carbonyl (C=O) groups is 1. The van der Waals surface area contributed by atoms with Crippen LogP contribution in [0.2, 0.25) is 0 Å². The van der Waals surface area contributed by atoms with E-state index in [2.05, 4.69) is 15.9 Å². The van der Waals surface area contributed by atoms with Crippen LogP contribution in [0.4, 0.5) is 0 Å². The molecule has 0 saturated heterocycles. The van der Waals surface area contributed by atoms with Crippen molar-refractivity contribution in [2.45, 2.75) is 18.9 Å². The molecule has 0 aliphatic heterocycles. The van der Waals surface area contributed by atoms with Gasteiger partial charge in [0.2, 0.25) is 0 Å². The van der Waals surface area contributed by atoms with Crippen LogP contribution < -0.4 is 0 Å². The number of aliphatic carboxylic acids is 1. The molecule has 0 aliphatic carbocycles. The smallest absolute Gasteiger partial charge is 0.303 e. The van der Waals surface area contributed by atoms with Crippen LogP contribution in [-0.4, -0.2) is 16.2 Å². The zero-order chi connectivity index (χ0) is 14.5. The van der Waals surface area contributed by atoms with Gasteiger partial charge in [-0.2, -0.15) is 0 Å². The third kappa shape index (κ3) is 3.68. The number of aliphatic hydroxyl groups excluding tert-OH is 1. The highest BCUT2D eigenvalue weighted by Crippen LogP contribution is 2.31. The molecule has 0 spiro atoms. The Kier molecular flexibility index (Phi) is 4.93. The van der Waals surface area contributed by atoms with E-state index >= 15 is 0 Å². The SMILES string of the molecule is O=C(O)CCC(O)c1ccc(-c2ccccc2)c(Br)c1. The molecule has 0 aromatic heterocycles. The molecule has 0 radical (unpaired) electrons. The molecule has 104 valence electrons. The van der Waals surface area contributed by atoms with Gasteiger partial charge in [-0.25, -0.2) is 0 Å². The molecular weight excluding hydrogens is 320 g/mol. The largest absolute Gasteiger partial charge is 0.481 e. The van der Waals surface area contributed by atoms with Crippen molar-refractivity contribution < 1.29 is 15.0 Å². The van der Waals surface area contributed by atoms with Crippen molar-refractivity contribution in [3.8, 4) is 11.1 Å². The fraction of sp³-hybridized carbons (Fsp3) is 0.188. The summed E-state index contributed by atoms with van der Waals surface area (Å²) in [5, 5.41) is 18.6. The summed E-state index contributed by atoms with van der Waals surface area (Å²) in [5.41, 5.74) is 2.85. The van der Waals surface area contributed by atoms with Gasteiger partial charge < -0.3 is 10.2 Å². The van der Waals surface area contributed by atoms with Crippen LogP contribution in [0.25, 0.3) is 11.1 Å². The fourth-order valence-corrected chi connectivity index (χ4v) is 2.64. The normalized spacial score (nSPS) is 12.1. The Morgan fingerprint density at radius 1 is 1.15 bits per heavy atom. The van der Waals surface area contributed by atoms with E-state index in [4.69, 9.17) is 5.11 Å². The molecule has 1 atom stereocenters. The first-order valence-corrected chi connectivity index (χ1v) is 7.12. The maximum atomic E-state index is 10.5. The van der Waals surface area contributed by atoms with Crippen molar-refractivity contribution in [1.29, 1.82) is 0 Å². The quantitative estimate of drug-likeness (QED) is 0.868. The fourth-order valence-electron chi connectivity index (χ4n) is 2.02. The van der Waals surface area contributed by atoms with Crippen molar-refractivity contribution in [3.05, 3.63) is 58.6 Å². The molecule has 2 aromatic rings. The summed E-state index contributed by atoms with van der Waals surface area (Å²) in [4.78, 5) is 10.5. The minimum atomic E-state index is -0.899. The molecule has 3 nitrogen and oxygen atoms in total. The highest BCUT2D eigenvalue weighted by molar-refractivity contribution is 9.10. The van der Waals surface area contributed by atoms with Crippen LogP contribution >= 0.6 is 15.9 Å². The van der Waals surface area contributed by atoms with Crippen molar-refractivity contribution in [2.75, 3.05) is 0 Å². The van der Waals surface area contributed by atoms with Crippen LogP contribution in [0.15, 0.2) is 53.0 Å². The zero-order valence-corrected chi connectivity index (χ0v) is 12.4. The molecule has 0 amide bonds. The van der Waals surface area contributed by atoms with E-state index in [-0.39, 0.29) is 12.8 Å². The lowest BCUT2D eigenvalue weighted by atomic mass is 10.00. The van der Waals surface area contributed by atoms with Gasteiger partial charge in [0.05, 0.1) is 6.10 Å². The minimum absolute atomic E-state index is 0.0424. The maximum Gasteiger partial charge on any atom is 0.303 e. The number of carboxylic acid groups (broad SMARTS) is 1. The van der Waals surface area contributed by atoms with E-state index in [1.807, 2.05) is 48.5 Å². The van der Waals surface area contributed by atoms with Gasteiger partial charge in [-0.1, -0.05) is 58.4 Å². The first-order valence-electron chi connectivity index (χ1n) is 6.32. The second-order valence-corrected chi connectivity index (χ2v) is 5.41. The van der Waals surface area contributed by atoms with Crippen molar-refractivity contribution in [3.63, 3.8) is 0 Å². The average molecular weight is 335 g/mol. The average Bonchev–Trinajstić information content (AvgIpc) is 2.45. The molecule has 0 bridgehead atoms. The van der Waals surface area contributed by atoms with Gasteiger partial charge in [0.15, 0.2) is 0 Å². The molecule has 0 fully saturated rings.